The molecule has 3 aromatic carbocycles. The minimum Gasteiger partial charge on any atom is -0.486 e. The molecule has 2 unspecified atom stereocenters. The van der Waals surface area contributed by atoms with Crippen molar-refractivity contribution in [1.82, 2.24) is 4.90 Å². The Bertz CT molecular complexity index is 837. The number of hydrogen-bond donors (Lipinski definition) is 1. The molecule has 1 saturated heterocycles. The monoisotopic (exact) mass is 361 g/mol. The first kappa shape index (κ1) is 17.6. The molecule has 1 fully saturated rings. The first-order valence-corrected chi connectivity index (χ1v) is 9.20. The van der Waals surface area contributed by atoms with Gasteiger partial charge >= 0.3 is 0 Å². The molecule has 1 aliphatic heterocycles. The van der Waals surface area contributed by atoms with Gasteiger partial charge in [0.2, 0.25) is 0 Å². The average molecular weight is 361 g/mol. The molecule has 1 heterocycles. The highest BCUT2D eigenvalue weighted by atomic mass is 16.5. The van der Waals surface area contributed by atoms with Crippen LogP contribution in [0.15, 0.2) is 84.9 Å². The molecular formula is C23H23NO3. The molecule has 3 aromatic rings. The van der Waals surface area contributed by atoms with Gasteiger partial charge in [0.05, 0.1) is 0 Å². The molecule has 138 valence electrons. The summed E-state index contributed by atoms with van der Waals surface area (Å²) in [6.45, 7) is 2.15. The average Bonchev–Trinajstić information content (AvgIpc) is 3.04. The van der Waals surface area contributed by atoms with Gasteiger partial charge in [0, 0.05) is 19.6 Å². The molecule has 4 nitrogen and oxygen atoms in total. The molecule has 2 atom stereocenters. The molecule has 0 bridgehead atoms. The SMILES string of the molecule is OC1CN(Cc2ccccc2)CC1Oc1ccc(Oc2ccccc2)cc1. The number of aliphatic hydroxyl groups excluding tert-OH is 1. The lowest BCUT2D eigenvalue weighted by Crippen LogP contribution is -2.29. The van der Waals surface area contributed by atoms with Gasteiger partial charge < -0.3 is 14.6 Å². The van der Waals surface area contributed by atoms with E-state index in [9.17, 15) is 5.11 Å². The van der Waals surface area contributed by atoms with E-state index in [1.54, 1.807) is 0 Å². The molecule has 27 heavy (non-hydrogen) atoms. The Morgan fingerprint density at radius 2 is 1.33 bits per heavy atom. The summed E-state index contributed by atoms with van der Waals surface area (Å²) in [5.41, 5.74) is 1.24. The second kappa shape index (κ2) is 8.25. The van der Waals surface area contributed by atoms with Gasteiger partial charge in [-0.2, -0.15) is 0 Å². The van der Waals surface area contributed by atoms with Crippen molar-refractivity contribution < 1.29 is 14.6 Å². The summed E-state index contributed by atoms with van der Waals surface area (Å²) in [5, 5.41) is 10.4. The second-order valence-corrected chi connectivity index (χ2v) is 6.79. The van der Waals surface area contributed by atoms with Gasteiger partial charge in [-0.1, -0.05) is 48.5 Å². The van der Waals surface area contributed by atoms with Crippen molar-refractivity contribution >= 4 is 0 Å². The van der Waals surface area contributed by atoms with Crippen molar-refractivity contribution in [2.45, 2.75) is 18.8 Å². The molecule has 1 aliphatic rings. The van der Waals surface area contributed by atoms with Crippen LogP contribution in [-0.4, -0.2) is 35.3 Å². The fourth-order valence-corrected chi connectivity index (χ4v) is 3.30. The Balaban J connectivity index is 1.33. The molecule has 0 amide bonds. The summed E-state index contributed by atoms with van der Waals surface area (Å²) in [7, 11) is 0. The van der Waals surface area contributed by atoms with E-state index in [1.165, 1.54) is 5.56 Å². The molecule has 4 rings (SSSR count). The van der Waals surface area contributed by atoms with Crippen molar-refractivity contribution in [2.75, 3.05) is 13.1 Å². The summed E-state index contributed by atoms with van der Waals surface area (Å²) in [4.78, 5) is 2.22. The fraction of sp³-hybridized carbons (Fsp3) is 0.217. The number of likely N-dealkylation sites (tertiary alicyclic amines) is 1. The summed E-state index contributed by atoms with van der Waals surface area (Å²) in [6.07, 6.45) is -0.719. The first-order chi connectivity index (χ1) is 13.3. The Morgan fingerprint density at radius 1 is 0.741 bits per heavy atom. The smallest absolute Gasteiger partial charge is 0.138 e. The van der Waals surface area contributed by atoms with Crippen LogP contribution in [-0.2, 0) is 6.54 Å². The Morgan fingerprint density at radius 3 is 2.04 bits per heavy atom. The van der Waals surface area contributed by atoms with Crippen molar-refractivity contribution in [3.05, 3.63) is 90.5 Å². The third kappa shape index (κ3) is 4.67. The van der Waals surface area contributed by atoms with Crippen LogP contribution in [0, 0.1) is 0 Å². The van der Waals surface area contributed by atoms with Gasteiger partial charge in [0.25, 0.3) is 0 Å². The van der Waals surface area contributed by atoms with Crippen LogP contribution >= 0.6 is 0 Å². The summed E-state index contributed by atoms with van der Waals surface area (Å²) >= 11 is 0. The van der Waals surface area contributed by atoms with Crippen LogP contribution in [0.1, 0.15) is 5.56 Å². The lowest BCUT2D eigenvalue weighted by Gasteiger charge is -2.17. The van der Waals surface area contributed by atoms with E-state index in [-0.39, 0.29) is 6.10 Å². The number of aliphatic hydroxyl groups is 1. The molecule has 1 N–H and O–H groups in total. The number of nitrogens with zero attached hydrogens (tertiary/aromatic N) is 1. The third-order valence-corrected chi connectivity index (χ3v) is 4.65. The zero-order chi connectivity index (χ0) is 18.5. The number of hydrogen-bond acceptors (Lipinski definition) is 4. The molecule has 0 aliphatic carbocycles. The highest BCUT2D eigenvalue weighted by Gasteiger charge is 2.32. The zero-order valence-corrected chi connectivity index (χ0v) is 15.1. The van der Waals surface area contributed by atoms with E-state index < -0.39 is 6.10 Å². The molecule has 0 spiro atoms. The Hall–Kier alpha value is -2.82. The normalized spacial score (nSPS) is 19.7. The Labute approximate surface area is 159 Å². The maximum absolute atomic E-state index is 10.4. The first-order valence-electron chi connectivity index (χ1n) is 9.20. The zero-order valence-electron chi connectivity index (χ0n) is 15.1. The Kier molecular flexibility index (Phi) is 5.37. The van der Waals surface area contributed by atoms with Crippen molar-refractivity contribution in [3.8, 4) is 17.2 Å². The number of rotatable bonds is 6. The number of benzene rings is 3. The second-order valence-electron chi connectivity index (χ2n) is 6.79. The van der Waals surface area contributed by atoms with Crippen LogP contribution in [0.4, 0.5) is 0 Å². The predicted molar refractivity (Wildman–Crippen MR) is 105 cm³/mol. The minimum absolute atomic E-state index is 0.227. The number of ether oxygens (including phenoxy) is 2. The van der Waals surface area contributed by atoms with Crippen LogP contribution in [0.3, 0.4) is 0 Å². The van der Waals surface area contributed by atoms with E-state index in [4.69, 9.17) is 9.47 Å². The molecule has 0 radical (unpaired) electrons. The lowest BCUT2D eigenvalue weighted by molar-refractivity contribution is 0.0736. The largest absolute Gasteiger partial charge is 0.486 e. The highest BCUT2D eigenvalue weighted by molar-refractivity contribution is 5.35. The quantitative estimate of drug-likeness (QED) is 0.718. The third-order valence-electron chi connectivity index (χ3n) is 4.65. The molecule has 0 saturated carbocycles. The van der Waals surface area contributed by atoms with Gasteiger partial charge in [0.1, 0.15) is 29.5 Å². The standard InChI is InChI=1S/C23H23NO3/c25-22-16-24(15-18-7-3-1-4-8-18)17-23(22)27-21-13-11-20(12-14-21)26-19-9-5-2-6-10-19/h1-14,22-23,25H,15-17H2. The minimum atomic E-state index is -0.492. The number of para-hydroxylation sites is 1. The summed E-state index contributed by atoms with van der Waals surface area (Å²) in [6, 6.07) is 27.5. The van der Waals surface area contributed by atoms with Crippen LogP contribution in [0.5, 0.6) is 17.2 Å². The molecule has 0 aromatic heterocycles. The van der Waals surface area contributed by atoms with E-state index in [0.717, 1.165) is 23.8 Å². The maximum Gasteiger partial charge on any atom is 0.138 e. The van der Waals surface area contributed by atoms with Gasteiger partial charge in [0.15, 0.2) is 0 Å². The predicted octanol–water partition coefficient (Wildman–Crippen LogP) is 4.10. The van der Waals surface area contributed by atoms with E-state index >= 15 is 0 Å². The molecule has 4 heteroatoms. The van der Waals surface area contributed by atoms with E-state index in [2.05, 4.69) is 17.0 Å². The highest BCUT2D eigenvalue weighted by Crippen LogP contribution is 2.25. The van der Waals surface area contributed by atoms with Crippen molar-refractivity contribution in [2.24, 2.45) is 0 Å². The van der Waals surface area contributed by atoms with Crippen LogP contribution < -0.4 is 9.47 Å². The van der Waals surface area contributed by atoms with Gasteiger partial charge in [-0.05, 0) is 42.0 Å². The summed E-state index contributed by atoms with van der Waals surface area (Å²) < 4.78 is 11.8. The van der Waals surface area contributed by atoms with E-state index in [0.29, 0.717) is 13.1 Å². The number of β-amino-alcohol motifs (C(OH)–C–C–N with tert-alkyl or cyclic N) is 1. The van der Waals surface area contributed by atoms with Crippen LogP contribution in [0.25, 0.3) is 0 Å². The maximum atomic E-state index is 10.4. The van der Waals surface area contributed by atoms with Crippen molar-refractivity contribution in [3.63, 3.8) is 0 Å². The van der Waals surface area contributed by atoms with Gasteiger partial charge in [-0.3, -0.25) is 4.90 Å². The van der Waals surface area contributed by atoms with Gasteiger partial charge in [-0.15, -0.1) is 0 Å². The van der Waals surface area contributed by atoms with Crippen LogP contribution in [0.2, 0.25) is 0 Å². The lowest BCUT2D eigenvalue weighted by atomic mass is 10.2. The summed E-state index contributed by atoms with van der Waals surface area (Å²) in [5.74, 6) is 2.29. The fourth-order valence-electron chi connectivity index (χ4n) is 3.30. The van der Waals surface area contributed by atoms with Gasteiger partial charge in [-0.25, -0.2) is 0 Å². The topological polar surface area (TPSA) is 41.9 Å². The van der Waals surface area contributed by atoms with E-state index in [1.807, 2.05) is 72.8 Å². The van der Waals surface area contributed by atoms with Crippen molar-refractivity contribution in [1.29, 1.82) is 0 Å². The molecular weight excluding hydrogens is 338 g/mol.